The fourth-order valence-electron chi connectivity index (χ4n) is 2.87. The van der Waals surface area contributed by atoms with Crippen LogP contribution in [0.2, 0.25) is 0 Å². The second-order valence-corrected chi connectivity index (χ2v) is 6.46. The first-order chi connectivity index (χ1) is 8.68. The van der Waals surface area contributed by atoms with Crippen molar-refractivity contribution >= 4 is 23.6 Å². The van der Waals surface area contributed by atoms with Crippen LogP contribution >= 0.6 is 11.8 Å². The molecule has 1 saturated carbocycles. The molecule has 1 atom stereocenters. The van der Waals surface area contributed by atoms with Crippen LogP contribution in [0.3, 0.4) is 0 Å². The van der Waals surface area contributed by atoms with E-state index in [9.17, 15) is 9.59 Å². The lowest BCUT2D eigenvalue weighted by atomic mass is 10.1. The van der Waals surface area contributed by atoms with E-state index in [1.807, 2.05) is 0 Å². The molecule has 1 aliphatic heterocycles. The fourth-order valence-corrected chi connectivity index (χ4v) is 4.14. The van der Waals surface area contributed by atoms with Gasteiger partial charge in [-0.3, -0.25) is 9.59 Å². The van der Waals surface area contributed by atoms with Gasteiger partial charge in [-0.25, -0.2) is 0 Å². The molecule has 102 valence electrons. The normalized spacial score (nSPS) is 25.0. The SMILES string of the molecule is O=C(O)CN(C(=O)C1CCCCS1)C1CCCC1. The zero-order valence-corrected chi connectivity index (χ0v) is 11.5. The fraction of sp³-hybridized carbons (Fsp3) is 0.846. The molecule has 0 radical (unpaired) electrons. The number of aliphatic carboxylic acids is 1. The van der Waals surface area contributed by atoms with E-state index in [-0.39, 0.29) is 23.7 Å². The summed E-state index contributed by atoms with van der Waals surface area (Å²) in [7, 11) is 0. The summed E-state index contributed by atoms with van der Waals surface area (Å²) in [5, 5.41) is 8.99. The molecular formula is C13H21NO3S. The van der Waals surface area contributed by atoms with Crippen molar-refractivity contribution in [2.24, 2.45) is 0 Å². The van der Waals surface area contributed by atoms with Gasteiger partial charge in [0.15, 0.2) is 0 Å². The highest BCUT2D eigenvalue weighted by Crippen LogP contribution is 2.30. The first kappa shape index (κ1) is 13.7. The Morgan fingerprint density at radius 3 is 2.33 bits per heavy atom. The van der Waals surface area contributed by atoms with E-state index in [1.54, 1.807) is 16.7 Å². The molecular weight excluding hydrogens is 250 g/mol. The smallest absolute Gasteiger partial charge is 0.323 e. The van der Waals surface area contributed by atoms with Gasteiger partial charge in [-0.1, -0.05) is 19.3 Å². The van der Waals surface area contributed by atoms with Crippen LogP contribution < -0.4 is 0 Å². The van der Waals surface area contributed by atoms with Crippen LogP contribution in [0.15, 0.2) is 0 Å². The second kappa shape index (κ2) is 6.45. The van der Waals surface area contributed by atoms with Gasteiger partial charge in [-0.2, -0.15) is 0 Å². The Balaban J connectivity index is 2.01. The summed E-state index contributed by atoms with van der Waals surface area (Å²) in [6.07, 6.45) is 7.35. The summed E-state index contributed by atoms with van der Waals surface area (Å²) < 4.78 is 0. The van der Waals surface area contributed by atoms with E-state index in [1.165, 1.54) is 6.42 Å². The van der Waals surface area contributed by atoms with Gasteiger partial charge in [-0.05, 0) is 31.4 Å². The third-order valence-corrected chi connectivity index (χ3v) is 5.17. The molecule has 0 aromatic heterocycles. The predicted molar refractivity (Wildman–Crippen MR) is 71.7 cm³/mol. The largest absolute Gasteiger partial charge is 0.480 e. The van der Waals surface area contributed by atoms with Crippen LogP contribution in [0.4, 0.5) is 0 Å². The number of hydrogen-bond donors (Lipinski definition) is 1. The van der Waals surface area contributed by atoms with Gasteiger partial charge in [0.25, 0.3) is 0 Å². The van der Waals surface area contributed by atoms with Crippen molar-refractivity contribution in [3.8, 4) is 0 Å². The van der Waals surface area contributed by atoms with E-state index < -0.39 is 5.97 Å². The van der Waals surface area contributed by atoms with Gasteiger partial charge in [-0.15, -0.1) is 11.8 Å². The number of amides is 1. The van der Waals surface area contributed by atoms with Gasteiger partial charge in [0, 0.05) is 6.04 Å². The Hall–Kier alpha value is -0.710. The maximum atomic E-state index is 12.5. The predicted octanol–water partition coefficient (Wildman–Crippen LogP) is 2.13. The van der Waals surface area contributed by atoms with Gasteiger partial charge in [0.05, 0.1) is 5.25 Å². The first-order valence-corrected chi connectivity index (χ1v) is 7.87. The summed E-state index contributed by atoms with van der Waals surface area (Å²) in [6, 6.07) is 0.163. The minimum atomic E-state index is -0.893. The highest BCUT2D eigenvalue weighted by molar-refractivity contribution is 8.00. The zero-order chi connectivity index (χ0) is 13.0. The Morgan fingerprint density at radius 1 is 1.11 bits per heavy atom. The summed E-state index contributed by atoms with van der Waals surface area (Å²) in [6.45, 7) is -0.124. The molecule has 0 aromatic carbocycles. The number of carbonyl (C=O) groups is 2. The molecule has 1 aliphatic carbocycles. The highest BCUT2D eigenvalue weighted by atomic mass is 32.2. The molecule has 2 rings (SSSR count). The maximum absolute atomic E-state index is 12.5. The molecule has 2 aliphatic rings. The van der Waals surface area contributed by atoms with Crippen molar-refractivity contribution in [1.82, 2.24) is 4.90 Å². The molecule has 4 nitrogen and oxygen atoms in total. The van der Waals surface area contributed by atoms with Gasteiger partial charge >= 0.3 is 5.97 Å². The summed E-state index contributed by atoms with van der Waals surface area (Å²) in [5.74, 6) is 0.201. The zero-order valence-electron chi connectivity index (χ0n) is 10.6. The van der Waals surface area contributed by atoms with E-state index in [0.717, 1.165) is 44.3 Å². The molecule has 1 amide bonds. The average molecular weight is 271 g/mol. The minimum Gasteiger partial charge on any atom is -0.480 e. The average Bonchev–Trinajstić information content (AvgIpc) is 2.89. The first-order valence-electron chi connectivity index (χ1n) is 6.82. The lowest BCUT2D eigenvalue weighted by Gasteiger charge is -2.32. The number of rotatable bonds is 4. The van der Waals surface area contributed by atoms with Gasteiger partial charge in [0.2, 0.25) is 5.91 Å². The van der Waals surface area contributed by atoms with Crippen LogP contribution in [-0.4, -0.2) is 45.5 Å². The third kappa shape index (κ3) is 3.40. The highest BCUT2D eigenvalue weighted by Gasteiger charge is 2.33. The number of carboxylic acid groups (broad SMARTS) is 1. The molecule has 0 spiro atoms. The number of carbonyl (C=O) groups excluding carboxylic acids is 1. The minimum absolute atomic E-state index is 0.00120. The Labute approximate surface area is 112 Å². The van der Waals surface area contributed by atoms with Crippen molar-refractivity contribution in [2.75, 3.05) is 12.3 Å². The third-order valence-electron chi connectivity index (χ3n) is 3.81. The van der Waals surface area contributed by atoms with Crippen molar-refractivity contribution < 1.29 is 14.7 Å². The number of nitrogens with zero attached hydrogens (tertiary/aromatic N) is 1. The van der Waals surface area contributed by atoms with E-state index in [2.05, 4.69) is 0 Å². The Morgan fingerprint density at radius 2 is 1.78 bits per heavy atom. The molecule has 5 heteroatoms. The number of hydrogen-bond acceptors (Lipinski definition) is 3. The van der Waals surface area contributed by atoms with Crippen LogP contribution in [0.25, 0.3) is 0 Å². The topological polar surface area (TPSA) is 57.6 Å². The number of thioether (sulfide) groups is 1. The van der Waals surface area contributed by atoms with Crippen LogP contribution in [-0.2, 0) is 9.59 Å². The second-order valence-electron chi connectivity index (χ2n) is 5.15. The van der Waals surface area contributed by atoms with E-state index in [4.69, 9.17) is 5.11 Å². The standard InChI is InChI=1S/C13H21NO3S/c15-12(16)9-14(10-5-1-2-6-10)13(17)11-7-3-4-8-18-11/h10-11H,1-9H2,(H,15,16). The van der Waals surface area contributed by atoms with Crippen LogP contribution in [0.5, 0.6) is 0 Å². The lowest BCUT2D eigenvalue weighted by molar-refractivity contribution is -0.146. The molecule has 1 saturated heterocycles. The molecule has 0 aromatic rings. The molecule has 1 heterocycles. The van der Waals surface area contributed by atoms with E-state index in [0.29, 0.717) is 0 Å². The van der Waals surface area contributed by atoms with Crippen LogP contribution in [0, 0.1) is 0 Å². The van der Waals surface area contributed by atoms with Gasteiger partial charge in [0.1, 0.15) is 6.54 Å². The summed E-state index contributed by atoms with van der Waals surface area (Å²) >= 11 is 1.70. The van der Waals surface area contributed by atoms with Crippen molar-refractivity contribution in [2.45, 2.75) is 56.2 Å². The van der Waals surface area contributed by atoms with Crippen molar-refractivity contribution in [1.29, 1.82) is 0 Å². The quantitative estimate of drug-likeness (QED) is 0.851. The Bertz CT molecular complexity index is 309. The Kier molecular flexibility index (Phi) is 4.92. The summed E-state index contributed by atoms with van der Waals surface area (Å²) in [4.78, 5) is 25.1. The molecule has 1 N–H and O–H groups in total. The van der Waals surface area contributed by atoms with Crippen molar-refractivity contribution in [3.63, 3.8) is 0 Å². The molecule has 0 bridgehead atoms. The van der Waals surface area contributed by atoms with E-state index >= 15 is 0 Å². The van der Waals surface area contributed by atoms with Gasteiger partial charge < -0.3 is 10.0 Å². The monoisotopic (exact) mass is 271 g/mol. The van der Waals surface area contributed by atoms with Crippen molar-refractivity contribution in [3.05, 3.63) is 0 Å². The lowest BCUT2D eigenvalue weighted by Crippen LogP contribution is -2.46. The van der Waals surface area contributed by atoms with Crippen LogP contribution in [0.1, 0.15) is 44.9 Å². The maximum Gasteiger partial charge on any atom is 0.323 e. The molecule has 2 fully saturated rings. The summed E-state index contributed by atoms with van der Waals surface area (Å²) in [5.41, 5.74) is 0. The number of carboxylic acids is 1. The molecule has 1 unspecified atom stereocenters. The molecule has 18 heavy (non-hydrogen) atoms.